The molecule has 0 amide bonds. The summed E-state index contributed by atoms with van der Waals surface area (Å²) in [6.45, 7) is 7.69. The zero-order chi connectivity index (χ0) is 15.2. The summed E-state index contributed by atoms with van der Waals surface area (Å²) in [5.41, 5.74) is 6.71. The minimum absolute atomic E-state index is 0.281. The van der Waals surface area contributed by atoms with E-state index < -0.39 is 0 Å². The normalized spacial score (nSPS) is 10.9. The minimum Gasteiger partial charge on any atom is -0.476 e. The van der Waals surface area contributed by atoms with Gasteiger partial charge in [-0.15, -0.1) is 11.3 Å². The molecule has 0 radical (unpaired) electrons. The highest BCUT2D eigenvalue weighted by atomic mass is 32.1. The Morgan fingerprint density at radius 3 is 2.81 bits per heavy atom. The largest absolute Gasteiger partial charge is 0.476 e. The summed E-state index contributed by atoms with van der Waals surface area (Å²) in [6.07, 6.45) is 2.43. The summed E-state index contributed by atoms with van der Waals surface area (Å²) < 4.78 is 5.59. The minimum atomic E-state index is 0.281. The predicted octanol–water partition coefficient (Wildman–Crippen LogP) is 3.32. The van der Waals surface area contributed by atoms with Gasteiger partial charge in [-0.2, -0.15) is 4.98 Å². The monoisotopic (exact) mass is 306 g/mol. The van der Waals surface area contributed by atoms with Gasteiger partial charge >= 0.3 is 0 Å². The molecule has 0 spiro atoms. The molecule has 0 saturated heterocycles. The molecule has 0 aromatic carbocycles. The van der Waals surface area contributed by atoms with E-state index in [9.17, 15) is 0 Å². The Kier molecular flexibility index (Phi) is 5.38. The summed E-state index contributed by atoms with van der Waals surface area (Å²) in [4.78, 5) is 11.9. The van der Waals surface area contributed by atoms with E-state index in [1.165, 1.54) is 11.2 Å². The molecule has 2 N–H and O–H groups in total. The fourth-order valence-electron chi connectivity index (χ4n) is 1.99. The highest BCUT2D eigenvalue weighted by Gasteiger charge is 2.19. The number of hydrogen-bond donors (Lipinski definition) is 1. The number of nitrogen functional groups attached to an aromatic ring is 1. The van der Waals surface area contributed by atoms with Crippen molar-refractivity contribution in [3.63, 3.8) is 0 Å². The van der Waals surface area contributed by atoms with Crippen molar-refractivity contribution in [2.45, 2.75) is 39.8 Å². The molecule has 2 rings (SSSR count). The van der Waals surface area contributed by atoms with Gasteiger partial charge in [0.1, 0.15) is 12.0 Å². The van der Waals surface area contributed by atoms with Crippen LogP contribution in [0.2, 0.25) is 0 Å². The molecule has 0 bridgehead atoms. The van der Waals surface area contributed by atoms with E-state index in [1.54, 1.807) is 11.3 Å². The maximum absolute atomic E-state index is 6.20. The van der Waals surface area contributed by atoms with Crippen LogP contribution in [0.25, 0.3) is 0 Å². The van der Waals surface area contributed by atoms with Crippen molar-refractivity contribution in [3.05, 3.63) is 28.7 Å². The van der Waals surface area contributed by atoms with Gasteiger partial charge in [-0.3, -0.25) is 0 Å². The summed E-state index contributed by atoms with van der Waals surface area (Å²) in [7, 11) is 0. The third-order valence-corrected chi connectivity index (χ3v) is 3.93. The van der Waals surface area contributed by atoms with E-state index in [0.717, 1.165) is 18.8 Å². The Hall–Kier alpha value is -1.82. The van der Waals surface area contributed by atoms with E-state index in [1.807, 2.05) is 0 Å². The van der Waals surface area contributed by atoms with Crippen molar-refractivity contribution >= 4 is 22.8 Å². The van der Waals surface area contributed by atoms with Crippen molar-refractivity contribution in [3.8, 4) is 5.88 Å². The van der Waals surface area contributed by atoms with Crippen LogP contribution in [0.3, 0.4) is 0 Å². The van der Waals surface area contributed by atoms with E-state index >= 15 is 0 Å². The first-order valence-electron chi connectivity index (χ1n) is 7.15. The van der Waals surface area contributed by atoms with Gasteiger partial charge in [0.15, 0.2) is 5.82 Å². The number of thiophene rings is 1. The van der Waals surface area contributed by atoms with Crippen molar-refractivity contribution < 1.29 is 4.74 Å². The molecule has 0 unspecified atom stereocenters. The molecule has 2 heterocycles. The lowest BCUT2D eigenvalue weighted by Crippen LogP contribution is -2.31. The fourth-order valence-corrected chi connectivity index (χ4v) is 2.69. The maximum atomic E-state index is 6.20. The molecule has 2 aromatic heterocycles. The molecule has 0 atom stereocenters. The smallest absolute Gasteiger partial charge is 0.242 e. The molecule has 6 heteroatoms. The summed E-state index contributed by atoms with van der Waals surface area (Å²) in [6, 6.07) is 4.45. The standard InChI is InChI=1S/C15H22N4OS/c1-4-7-20-15-13(16)14(17-10-18-15)19(11(2)3)9-12-6-5-8-21-12/h5-6,8,10-11H,4,7,9,16H2,1-3H3. The molecule has 0 aliphatic heterocycles. The highest BCUT2D eigenvalue weighted by Crippen LogP contribution is 2.30. The van der Waals surface area contributed by atoms with E-state index in [4.69, 9.17) is 10.5 Å². The van der Waals surface area contributed by atoms with Crippen LogP contribution in [0.1, 0.15) is 32.1 Å². The Bertz CT molecular complexity index is 557. The second-order valence-electron chi connectivity index (χ2n) is 5.07. The number of aromatic nitrogens is 2. The first kappa shape index (κ1) is 15.6. The fraction of sp³-hybridized carbons (Fsp3) is 0.467. The lowest BCUT2D eigenvalue weighted by molar-refractivity contribution is 0.306. The second kappa shape index (κ2) is 7.26. The molecule has 0 saturated carbocycles. The maximum Gasteiger partial charge on any atom is 0.242 e. The molecule has 0 aliphatic carbocycles. The molecule has 0 fully saturated rings. The van der Waals surface area contributed by atoms with Gasteiger partial charge in [0.05, 0.1) is 13.2 Å². The number of anilines is 2. The molecule has 114 valence electrons. The molecule has 5 nitrogen and oxygen atoms in total. The SMILES string of the molecule is CCCOc1ncnc(N(Cc2cccs2)C(C)C)c1N. The van der Waals surface area contributed by atoms with E-state index in [-0.39, 0.29) is 6.04 Å². The molecular formula is C15H22N4OS. The van der Waals surface area contributed by atoms with Crippen LogP contribution in [-0.4, -0.2) is 22.6 Å². The third-order valence-electron chi connectivity index (χ3n) is 3.07. The quantitative estimate of drug-likeness (QED) is 0.850. The molecule has 21 heavy (non-hydrogen) atoms. The number of nitrogens with zero attached hydrogens (tertiary/aromatic N) is 3. The molecule has 0 aliphatic rings. The van der Waals surface area contributed by atoms with Gasteiger partial charge in [0.2, 0.25) is 5.88 Å². The average Bonchev–Trinajstić information content (AvgIpc) is 2.97. The lowest BCUT2D eigenvalue weighted by atomic mass is 10.2. The Morgan fingerprint density at radius 2 is 2.19 bits per heavy atom. The van der Waals surface area contributed by atoms with Crippen LogP contribution in [0.4, 0.5) is 11.5 Å². The Balaban J connectivity index is 2.27. The van der Waals surface area contributed by atoms with Gasteiger partial charge in [-0.05, 0) is 31.7 Å². The van der Waals surface area contributed by atoms with Crippen LogP contribution in [-0.2, 0) is 6.54 Å². The van der Waals surface area contributed by atoms with Gasteiger partial charge in [-0.1, -0.05) is 13.0 Å². The van der Waals surface area contributed by atoms with Crippen LogP contribution in [0, 0.1) is 0 Å². The van der Waals surface area contributed by atoms with E-state index in [0.29, 0.717) is 18.2 Å². The number of hydrogen-bond acceptors (Lipinski definition) is 6. The van der Waals surface area contributed by atoms with Gasteiger partial charge in [-0.25, -0.2) is 4.98 Å². The van der Waals surface area contributed by atoms with Gasteiger partial charge < -0.3 is 15.4 Å². The Labute approximate surface area is 129 Å². The first-order chi connectivity index (χ1) is 10.1. The summed E-state index contributed by atoms with van der Waals surface area (Å²) in [5, 5.41) is 2.08. The first-order valence-corrected chi connectivity index (χ1v) is 8.03. The number of ether oxygens (including phenoxy) is 1. The molecule has 2 aromatic rings. The van der Waals surface area contributed by atoms with Crippen LogP contribution >= 0.6 is 11.3 Å². The lowest BCUT2D eigenvalue weighted by Gasteiger charge is -2.28. The van der Waals surface area contributed by atoms with Crippen molar-refractivity contribution in [2.75, 3.05) is 17.2 Å². The van der Waals surface area contributed by atoms with Gasteiger partial charge in [0, 0.05) is 10.9 Å². The zero-order valence-electron chi connectivity index (χ0n) is 12.7. The highest BCUT2D eigenvalue weighted by molar-refractivity contribution is 7.09. The van der Waals surface area contributed by atoms with Crippen molar-refractivity contribution in [2.24, 2.45) is 0 Å². The van der Waals surface area contributed by atoms with Crippen LogP contribution in [0.15, 0.2) is 23.8 Å². The Morgan fingerprint density at radius 1 is 1.38 bits per heavy atom. The van der Waals surface area contributed by atoms with Gasteiger partial charge in [0.25, 0.3) is 0 Å². The number of rotatable bonds is 7. The average molecular weight is 306 g/mol. The zero-order valence-corrected chi connectivity index (χ0v) is 13.6. The third kappa shape index (κ3) is 3.85. The summed E-state index contributed by atoms with van der Waals surface area (Å²) >= 11 is 1.73. The van der Waals surface area contributed by atoms with Crippen molar-refractivity contribution in [1.82, 2.24) is 9.97 Å². The van der Waals surface area contributed by atoms with Crippen LogP contribution < -0.4 is 15.4 Å². The number of nitrogens with two attached hydrogens (primary N) is 1. The predicted molar refractivity (Wildman–Crippen MR) is 87.9 cm³/mol. The van der Waals surface area contributed by atoms with Crippen LogP contribution in [0.5, 0.6) is 5.88 Å². The summed E-state index contributed by atoms with van der Waals surface area (Å²) in [5.74, 6) is 1.21. The second-order valence-corrected chi connectivity index (χ2v) is 6.10. The van der Waals surface area contributed by atoms with Crippen molar-refractivity contribution in [1.29, 1.82) is 0 Å². The van der Waals surface area contributed by atoms with E-state index in [2.05, 4.69) is 53.2 Å². The topological polar surface area (TPSA) is 64.3 Å². The molecular weight excluding hydrogens is 284 g/mol.